The predicted octanol–water partition coefficient (Wildman–Crippen LogP) is 5.19. The topological polar surface area (TPSA) is 9.23 Å². The van der Waals surface area contributed by atoms with E-state index in [1.54, 1.807) is 7.11 Å². The number of aryl methyl sites for hydroxylation is 1. The molecular weight excluding hydrogens is 300 g/mol. The van der Waals surface area contributed by atoms with Crippen molar-refractivity contribution in [1.29, 1.82) is 0 Å². The standard InChI is InChI=1S/C14H20BrClO/c1-3-5-12(16)7-4-6-11-10-13(17-2)8-9-14(11)15/h8-10,12H,3-7H2,1-2H3. The Kier molecular flexibility index (Phi) is 6.98. The lowest BCUT2D eigenvalue weighted by atomic mass is 10.1. The summed E-state index contributed by atoms with van der Waals surface area (Å²) < 4.78 is 6.38. The molecular formula is C14H20BrClO. The number of hydrogen-bond acceptors (Lipinski definition) is 1. The van der Waals surface area contributed by atoms with Crippen LogP contribution in [0.3, 0.4) is 0 Å². The third-order valence-electron chi connectivity index (χ3n) is 2.82. The average molecular weight is 320 g/mol. The maximum atomic E-state index is 6.21. The fourth-order valence-electron chi connectivity index (χ4n) is 1.84. The summed E-state index contributed by atoms with van der Waals surface area (Å²) in [7, 11) is 1.70. The zero-order chi connectivity index (χ0) is 12.7. The number of ether oxygens (including phenoxy) is 1. The van der Waals surface area contributed by atoms with E-state index in [9.17, 15) is 0 Å². The van der Waals surface area contributed by atoms with Crippen molar-refractivity contribution in [3.8, 4) is 5.75 Å². The SMILES string of the molecule is CCCC(Cl)CCCc1cc(OC)ccc1Br. The molecule has 1 nitrogen and oxygen atoms in total. The van der Waals surface area contributed by atoms with Gasteiger partial charge in [0.15, 0.2) is 0 Å². The maximum absolute atomic E-state index is 6.21. The van der Waals surface area contributed by atoms with E-state index < -0.39 is 0 Å². The van der Waals surface area contributed by atoms with Gasteiger partial charge in [0.05, 0.1) is 7.11 Å². The van der Waals surface area contributed by atoms with Crippen LogP contribution in [0.5, 0.6) is 5.75 Å². The van der Waals surface area contributed by atoms with Crippen molar-refractivity contribution < 1.29 is 4.74 Å². The molecule has 0 aliphatic carbocycles. The summed E-state index contributed by atoms with van der Waals surface area (Å²) >= 11 is 9.78. The van der Waals surface area contributed by atoms with Crippen LogP contribution >= 0.6 is 27.5 Å². The van der Waals surface area contributed by atoms with Gasteiger partial charge in [0.25, 0.3) is 0 Å². The monoisotopic (exact) mass is 318 g/mol. The van der Waals surface area contributed by atoms with Crippen molar-refractivity contribution in [3.05, 3.63) is 28.2 Å². The van der Waals surface area contributed by atoms with Crippen LogP contribution in [0.25, 0.3) is 0 Å². The van der Waals surface area contributed by atoms with Crippen LogP contribution in [-0.2, 0) is 6.42 Å². The van der Waals surface area contributed by atoms with Gasteiger partial charge in [-0.15, -0.1) is 11.6 Å². The third-order valence-corrected chi connectivity index (χ3v) is 4.03. The number of halogens is 2. The van der Waals surface area contributed by atoms with E-state index in [4.69, 9.17) is 16.3 Å². The lowest BCUT2D eigenvalue weighted by molar-refractivity contribution is 0.414. The molecule has 0 heterocycles. The molecule has 3 heteroatoms. The summed E-state index contributed by atoms with van der Waals surface area (Å²) in [5.41, 5.74) is 1.30. The molecule has 0 aliphatic rings. The first-order valence-electron chi connectivity index (χ1n) is 6.13. The van der Waals surface area contributed by atoms with Gasteiger partial charge in [0.2, 0.25) is 0 Å². The lowest BCUT2D eigenvalue weighted by Crippen LogP contribution is -1.99. The van der Waals surface area contributed by atoms with Gasteiger partial charge >= 0.3 is 0 Å². The van der Waals surface area contributed by atoms with Gasteiger partial charge in [0.1, 0.15) is 5.75 Å². The van der Waals surface area contributed by atoms with Crippen molar-refractivity contribution in [2.75, 3.05) is 7.11 Å². The molecule has 0 N–H and O–H groups in total. The van der Waals surface area contributed by atoms with Gasteiger partial charge in [-0.25, -0.2) is 0 Å². The molecule has 0 saturated heterocycles. The quantitative estimate of drug-likeness (QED) is 0.629. The smallest absolute Gasteiger partial charge is 0.119 e. The molecule has 0 aliphatic heterocycles. The second kappa shape index (κ2) is 7.99. The molecule has 0 radical (unpaired) electrons. The lowest BCUT2D eigenvalue weighted by Gasteiger charge is -2.09. The van der Waals surface area contributed by atoms with E-state index in [2.05, 4.69) is 28.9 Å². The van der Waals surface area contributed by atoms with Crippen molar-refractivity contribution in [1.82, 2.24) is 0 Å². The Morgan fingerprint density at radius 1 is 1.35 bits per heavy atom. The molecule has 0 aromatic heterocycles. The van der Waals surface area contributed by atoms with Crippen LogP contribution in [0.2, 0.25) is 0 Å². The van der Waals surface area contributed by atoms with Gasteiger partial charge in [-0.3, -0.25) is 0 Å². The minimum absolute atomic E-state index is 0.324. The Hall–Kier alpha value is -0.210. The van der Waals surface area contributed by atoms with E-state index in [0.29, 0.717) is 5.38 Å². The van der Waals surface area contributed by atoms with Crippen LogP contribution in [0, 0.1) is 0 Å². The number of methoxy groups -OCH3 is 1. The van der Waals surface area contributed by atoms with E-state index in [0.717, 1.165) is 42.3 Å². The Morgan fingerprint density at radius 3 is 2.76 bits per heavy atom. The van der Waals surface area contributed by atoms with E-state index in [-0.39, 0.29) is 0 Å². The van der Waals surface area contributed by atoms with E-state index in [1.807, 2.05) is 12.1 Å². The number of benzene rings is 1. The number of hydrogen-bond donors (Lipinski definition) is 0. The van der Waals surface area contributed by atoms with Crippen LogP contribution in [0.1, 0.15) is 38.2 Å². The molecule has 0 saturated carbocycles. The minimum atomic E-state index is 0.324. The molecule has 0 bridgehead atoms. The van der Waals surface area contributed by atoms with Crippen LogP contribution in [-0.4, -0.2) is 12.5 Å². The minimum Gasteiger partial charge on any atom is -0.497 e. The molecule has 1 aromatic carbocycles. The first kappa shape index (κ1) is 14.8. The fraction of sp³-hybridized carbons (Fsp3) is 0.571. The highest BCUT2D eigenvalue weighted by Crippen LogP contribution is 2.24. The number of alkyl halides is 1. The summed E-state index contributed by atoms with van der Waals surface area (Å²) in [6.45, 7) is 2.17. The predicted molar refractivity (Wildman–Crippen MR) is 78.2 cm³/mol. The molecule has 0 fully saturated rings. The van der Waals surface area contributed by atoms with Gasteiger partial charge in [-0.1, -0.05) is 29.3 Å². The maximum Gasteiger partial charge on any atom is 0.119 e. The molecule has 1 unspecified atom stereocenters. The van der Waals surface area contributed by atoms with Crippen LogP contribution < -0.4 is 4.74 Å². The number of rotatable bonds is 7. The van der Waals surface area contributed by atoms with Gasteiger partial charge in [0, 0.05) is 9.85 Å². The summed E-state index contributed by atoms with van der Waals surface area (Å²) in [4.78, 5) is 0. The molecule has 1 aromatic rings. The summed E-state index contributed by atoms with van der Waals surface area (Å²) in [6, 6.07) is 6.10. The van der Waals surface area contributed by atoms with Crippen molar-refractivity contribution in [3.63, 3.8) is 0 Å². The first-order chi connectivity index (χ1) is 8.17. The fourth-order valence-corrected chi connectivity index (χ4v) is 2.66. The zero-order valence-corrected chi connectivity index (χ0v) is 12.9. The van der Waals surface area contributed by atoms with Crippen molar-refractivity contribution >= 4 is 27.5 Å². The second-order valence-electron chi connectivity index (χ2n) is 4.24. The Balaban J connectivity index is 2.45. The first-order valence-corrected chi connectivity index (χ1v) is 7.36. The normalized spacial score (nSPS) is 12.5. The molecule has 17 heavy (non-hydrogen) atoms. The highest BCUT2D eigenvalue weighted by atomic mass is 79.9. The highest BCUT2D eigenvalue weighted by Gasteiger charge is 2.06. The van der Waals surface area contributed by atoms with Crippen molar-refractivity contribution in [2.24, 2.45) is 0 Å². The van der Waals surface area contributed by atoms with Gasteiger partial charge < -0.3 is 4.74 Å². The van der Waals surface area contributed by atoms with E-state index in [1.165, 1.54) is 5.56 Å². The summed E-state index contributed by atoms with van der Waals surface area (Å²) in [5, 5.41) is 0.324. The summed E-state index contributed by atoms with van der Waals surface area (Å²) in [6.07, 6.45) is 5.53. The van der Waals surface area contributed by atoms with Crippen LogP contribution in [0.15, 0.2) is 22.7 Å². The summed E-state index contributed by atoms with van der Waals surface area (Å²) in [5.74, 6) is 0.916. The molecule has 1 atom stereocenters. The zero-order valence-electron chi connectivity index (χ0n) is 10.5. The van der Waals surface area contributed by atoms with Crippen molar-refractivity contribution in [2.45, 2.75) is 44.4 Å². The largest absolute Gasteiger partial charge is 0.497 e. The van der Waals surface area contributed by atoms with Gasteiger partial charge in [-0.05, 0) is 49.4 Å². The Morgan fingerprint density at radius 2 is 2.12 bits per heavy atom. The molecule has 1 rings (SSSR count). The third kappa shape index (κ3) is 5.31. The van der Waals surface area contributed by atoms with E-state index >= 15 is 0 Å². The van der Waals surface area contributed by atoms with Crippen LogP contribution in [0.4, 0.5) is 0 Å². The molecule has 0 amide bonds. The Labute approximate surface area is 118 Å². The van der Waals surface area contributed by atoms with Gasteiger partial charge in [-0.2, -0.15) is 0 Å². The second-order valence-corrected chi connectivity index (χ2v) is 5.71. The molecule has 0 spiro atoms. The molecule has 96 valence electrons. The Bertz CT molecular complexity index is 341. The highest BCUT2D eigenvalue weighted by molar-refractivity contribution is 9.10. The average Bonchev–Trinajstić information content (AvgIpc) is 2.32.